The molecule has 14 heavy (non-hydrogen) atoms. The molecule has 0 amide bonds. The molecule has 0 radical (unpaired) electrons. The van der Waals surface area contributed by atoms with Crippen molar-refractivity contribution in [1.82, 2.24) is 0 Å². The van der Waals surface area contributed by atoms with Crippen molar-refractivity contribution < 1.29 is 0 Å². The summed E-state index contributed by atoms with van der Waals surface area (Å²) in [5.74, 6) is 0. The Hall–Kier alpha value is -0.800. The molecule has 0 aromatic rings. The van der Waals surface area contributed by atoms with Gasteiger partial charge in [0.15, 0.2) is 5.66 Å². The minimum atomic E-state index is -0.353. The van der Waals surface area contributed by atoms with Crippen molar-refractivity contribution in [1.29, 1.82) is 0 Å². The number of hydrogen-bond donors (Lipinski definition) is 0. The van der Waals surface area contributed by atoms with Crippen LogP contribution in [0.2, 0.25) is 0 Å². The lowest BCUT2D eigenvalue weighted by atomic mass is 9.83. The predicted molar refractivity (Wildman–Crippen MR) is 56.0 cm³/mol. The molecule has 0 spiro atoms. The quantitative estimate of drug-likeness (QED) is 0.648. The Kier molecular flexibility index (Phi) is 3.34. The van der Waals surface area contributed by atoms with Crippen molar-refractivity contribution in [2.45, 2.75) is 59.0 Å². The SMILES string of the molecule is CCCCC1(CC(C)(C)C)N=NN=N1. The van der Waals surface area contributed by atoms with Gasteiger partial charge in [-0.25, -0.2) is 0 Å². The fourth-order valence-corrected chi connectivity index (χ4v) is 1.79. The zero-order chi connectivity index (χ0) is 10.7. The van der Waals surface area contributed by atoms with Crippen molar-refractivity contribution in [3.63, 3.8) is 0 Å². The smallest absolute Gasteiger partial charge is 0.135 e. The summed E-state index contributed by atoms with van der Waals surface area (Å²) in [4.78, 5) is 0. The second kappa shape index (κ2) is 4.15. The highest BCUT2D eigenvalue weighted by molar-refractivity contribution is 4.89. The first-order valence-corrected chi connectivity index (χ1v) is 5.31. The average molecular weight is 196 g/mol. The molecule has 0 aromatic heterocycles. The van der Waals surface area contributed by atoms with Gasteiger partial charge in [-0.1, -0.05) is 34.1 Å². The first-order chi connectivity index (χ1) is 6.47. The number of hydrogen-bond acceptors (Lipinski definition) is 4. The lowest BCUT2D eigenvalue weighted by molar-refractivity contribution is 0.244. The normalized spacial score (nSPS) is 19.1. The van der Waals surface area contributed by atoms with Gasteiger partial charge in [0.1, 0.15) is 0 Å². The third-order valence-electron chi connectivity index (χ3n) is 2.25. The first-order valence-electron chi connectivity index (χ1n) is 5.31. The molecule has 4 nitrogen and oxygen atoms in total. The fourth-order valence-electron chi connectivity index (χ4n) is 1.79. The standard InChI is InChI=1S/C10H20N4/c1-5-6-7-10(8-9(2,3)4)11-13-14-12-10/h5-8H2,1-4H3. The van der Waals surface area contributed by atoms with Crippen LogP contribution in [0.5, 0.6) is 0 Å². The summed E-state index contributed by atoms with van der Waals surface area (Å²) in [6, 6.07) is 0. The van der Waals surface area contributed by atoms with Gasteiger partial charge in [-0.05, 0) is 28.7 Å². The Labute approximate surface area is 85.9 Å². The minimum Gasteiger partial charge on any atom is -0.135 e. The summed E-state index contributed by atoms with van der Waals surface area (Å²) in [5, 5.41) is 15.7. The van der Waals surface area contributed by atoms with Crippen LogP contribution in [0, 0.1) is 5.41 Å². The highest BCUT2D eigenvalue weighted by Gasteiger charge is 2.36. The van der Waals surface area contributed by atoms with Gasteiger partial charge in [0, 0.05) is 6.42 Å². The lowest BCUT2D eigenvalue weighted by Gasteiger charge is -2.27. The Morgan fingerprint density at radius 2 is 1.64 bits per heavy atom. The van der Waals surface area contributed by atoms with E-state index in [1.807, 2.05) is 0 Å². The maximum atomic E-state index is 4.18. The zero-order valence-corrected chi connectivity index (χ0v) is 9.62. The lowest BCUT2D eigenvalue weighted by Crippen LogP contribution is -2.28. The summed E-state index contributed by atoms with van der Waals surface area (Å²) in [6.45, 7) is 8.77. The van der Waals surface area contributed by atoms with Crippen LogP contribution in [0.3, 0.4) is 0 Å². The van der Waals surface area contributed by atoms with E-state index in [9.17, 15) is 0 Å². The molecule has 0 unspecified atom stereocenters. The van der Waals surface area contributed by atoms with E-state index in [2.05, 4.69) is 48.4 Å². The van der Waals surface area contributed by atoms with Crippen LogP contribution in [-0.4, -0.2) is 5.66 Å². The van der Waals surface area contributed by atoms with Gasteiger partial charge in [-0.2, -0.15) is 0 Å². The molecule has 1 aliphatic heterocycles. The molecule has 1 heterocycles. The van der Waals surface area contributed by atoms with E-state index in [-0.39, 0.29) is 11.1 Å². The second-order valence-corrected chi connectivity index (χ2v) is 5.20. The van der Waals surface area contributed by atoms with E-state index in [0.717, 1.165) is 25.7 Å². The van der Waals surface area contributed by atoms with E-state index in [1.54, 1.807) is 0 Å². The third kappa shape index (κ3) is 3.16. The Morgan fingerprint density at radius 3 is 2.07 bits per heavy atom. The van der Waals surface area contributed by atoms with Crippen LogP contribution in [0.4, 0.5) is 0 Å². The van der Waals surface area contributed by atoms with Crippen molar-refractivity contribution in [3.8, 4) is 0 Å². The van der Waals surface area contributed by atoms with Gasteiger partial charge in [-0.15, -0.1) is 10.2 Å². The second-order valence-electron chi connectivity index (χ2n) is 5.20. The van der Waals surface area contributed by atoms with Gasteiger partial charge in [0.05, 0.1) is 0 Å². The molecule has 1 rings (SSSR count). The van der Waals surface area contributed by atoms with Crippen molar-refractivity contribution in [2.24, 2.45) is 26.1 Å². The Bertz CT molecular complexity index is 225. The molecule has 0 aromatic carbocycles. The highest BCUT2D eigenvalue weighted by atomic mass is 15.6. The predicted octanol–water partition coefficient (Wildman–Crippen LogP) is 4.14. The van der Waals surface area contributed by atoms with Gasteiger partial charge < -0.3 is 0 Å². The van der Waals surface area contributed by atoms with Crippen LogP contribution >= 0.6 is 0 Å². The summed E-state index contributed by atoms with van der Waals surface area (Å²) in [7, 11) is 0. The zero-order valence-electron chi connectivity index (χ0n) is 9.62. The Morgan fingerprint density at radius 1 is 1.07 bits per heavy atom. The van der Waals surface area contributed by atoms with Crippen LogP contribution in [0.15, 0.2) is 20.7 Å². The molecular weight excluding hydrogens is 176 g/mol. The topological polar surface area (TPSA) is 49.4 Å². The molecule has 4 heteroatoms. The van der Waals surface area contributed by atoms with Gasteiger partial charge in [0.25, 0.3) is 0 Å². The van der Waals surface area contributed by atoms with Crippen LogP contribution in [0.1, 0.15) is 53.4 Å². The van der Waals surface area contributed by atoms with E-state index in [1.165, 1.54) is 0 Å². The maximum Gasteiger partial charge on any atom is 0.195 e. The summed E-state index contributed by atoms with van der Waals surface area (Å²) < 4.78 is 0. The van der Waals surface area contributed by atoms with Crippen molar-refractivity contribution in [2.75, 3.05) is 0 Å². The van der Waals surface area contributed by atoms with Gasteiger partial charge >= 0.3 is 0 Å². The highest BCUT2D eigenvalue weighted by Crippen LogP contribution is 2.37. The third-order valence-corrected chi connectivity index (χ3v) is 2.25. The van der Waals surface area contributed by atoms with E-state index >= 15 is 0 Å². The summed E-state index contributed by atoms with van der Waals surface area (Å²) in [5.41, 5.74) is -0.135. The minimum absolute atomic E-state index is 0.218. The van der Waals surface area contributed by atoms with E-state index in [4.69, 9.17) is 0 Å². The van der Waals surface area contributed by atoms with Crippen molar-refractivity contribution in [3.05, 3.63) is 0 Å². The molecule has 0 saturated carbocycles. The van der Waals surface area contributed by atoms with Gasteiger partial charge in [0.2, 0.25) is 0 Å². The molecule has 0 saturated heterocycles. The molecule has 0 aliphatic carbocycles. The van der Waals surface area contributed by atoms with Crippen LogP contribution in [-0.2, 0) is 0 Å². The number of unbranched alkanes of at least 4 members (excludes halogenated alkanes) is 1. The molecule has 80 valence electrons. The van der Waals surface area contributed by atoms with Crippen molar-refractivity contribution >= 4 is 0 Å². The molecule has 1 aliphatic rings. The van der Waals surface area contributed by atoms with E-state index in [0.29, 0.717) is 0 Å². The summed E-state index contributed by atoms with van der Waals surface area (Å²) >= 11 is 0. The monoisotopic (exact) mass is 196 g/mol. The van der Waals surface area contributed by atoms with Crippen LogP contribution < -0.4 is 0 Å². The molecule has 0 bridgehead atoms. The number of nitrogens with zero attached hydrogens (tertiary/aromatic N) is 4. The first kappa shape index (κ1) is 11.3. The average Bonchev–Trinajstić information content (AvgIpc) is 2.47. The molecule has 0 N–H and O–H groups in total. The van der Waals surface area contributed by atoms with Crippen LogP contribution in [0.25, 0.3) is 0 Å². The van der Waals surface area contributed by atoms with E-state index < -0.39 is 0 Å². The largest absolute Gasteiger partial charge is 0.195 e. The summed E-state index contributed by atoms with van der Waals surface area (Å²) in [6.07, 6.45) is 4.19. The fraction of sp³-hybridized carbons (Fsp3) is 1.00. The number of rotatable bonds is 4. The molecule has 0 fully saturated rings. The van der Waals surface area contributed by atoms with Gasteiger partial charge in [-0.3, -0.25) is 0 Å². The molecule has 0 atom stereocenters. The molecular formula is C10H20N4. The Balaban J connectivity index is 2.64. The maximum absolute atomic E-state index is 4.18.